The van der Waals surface area contributed by atoms with Gasteiger partial charge in [0.1, 0.15) is 6.54 Å². The number of aromatic nitrogens is 4. The molecular formula is C21H25N5O. The predicted molar refractivity (Wildman–Crippen MR) is 101 cm³/mol. The Balaban J connectivity index is 1.38. The third kappa shape index (κ3) is 2.98. The second kappa shape index (κ2) is 6.60. The Hall–Kier alpha value is -2.47. The van der Waals surface area contributed by atoms with Crippen molar-refractivity contribution < 1.29 is 4.52 Å². The minimum atomic E-state index is 0.343. The summed E-state index contributed by atoms with van der Waals surface area (Å²) < 4.78 is 7.52. The van der Waals surface area contributed by atoms with Gasteiger partial charge in [0.15, 0.2) is 5.82 Å². The van der Waals surface area contributed by atoms with Gasteiger partial charge in [-0.15, -0.1) is 0 Å². The average molecular weight is 363 g/mol. The number of hydrogen-bond acceptors (Lipinski definition) is 5. The minimum Gasteiger partial charge on any atom is -0.337 e. The van der Waals surface area contributed by atoms with E-state index in [1.807, 2.05) is 11.6 Å². The molecule has 0 bridgehead atoms. The first-order valence-corrected chi connectivity index (χ1v) is 9.83. The molecule has 0 spiro atoms. The molecule has 140 valence electrons. The van der Waals surface area contributed by atoms with E-state index in [-0.39, 0.29) is 0 Å². The number of benzene rings is 1. The van der Waals surface area contributed by atoms with E-state index in [0.717, 1.165) is 30.2 Å². The van der Waals surface area contributed by atoms with E-state index in [1.165, 1.54) is 18.4 Å². The summed E-state index contributed by atoms with van der Waals surface area (Å²) >= 11 is 0. The Kier molecular flexibility index (Phi) is 4.08. The highest BCUT2D eigenvalue weighted by Gasteiger charge is 2.46. The van der Waals surface area contributed by atoms with E-state index < -0.39 is 0 Å². The lowest BCUT2D eigenvalue weighted by Gasteiger charge is -2.24. The lowest BCUT2D eigenvalue weighted by Crippen LogP contribution is -2.27. The van der Waals surface area contributed by atoms with E-state index in [9.17, 15) is 0 Å². The van der Waals surface area contributed by atoms with Crippen molar-refractivity contribution in [3.05, 3.63) is 65.1 Å². The van der Waals surface area contributed by atoms with Crippen LogP contribution in [0.25, 0.3) is 0 Å². The van der Waals surface area contributed by atoms with E-state index in [2.05, 4.69) is 58.5 Å². The van der Waals surface area contributed by atoms with Crippen LogP contribution in [0.1, 0.15) is 59.9 Å². The molecule has 2 saturated heterocycles. The fourth-order valence-corrected chi connectivity index (χ4v) is 4.89. The third-order valence-corrected chi connectivity index (χ3v) is 6.07. The van der Waals surface area contributed by atoms with Crippen molar-refractivity contribution >= 4 is 0 Å². The maximum Gasteiger partial charge on any atom is 0.248 e. The molecule has 0 N–H and O–H groups in total. The molecule has 2 aliphatic rings. The maximum absolute atomic E-state index is 5.59. The summed E-state index contributed by atoms with van der Waals surface area (Å²) in [4.78, 5) is 7.41. The van der Waals surface area contributed by atoms with Gasteiger partial charge >= 0.3 is 0 Å². The molecule has 6 nitrogen and oxygen atoms in total. The van der Waals surface area contributed by atoms with E-state index in [0.29, 0.717) is 30.4 Å². The van der Waals surface area contributed by atoms with Gasteiger partial charge < -0.3 is 4.52 Å². The first-order chi connectivity index (χ1) is 13.2. The molecule has 5 rings (SSSR count). The van der Waals surface area contributed by atoms with E-state index in [4.69, 9.17) is 9.51 Å². The molecule has 3 atom stereocenters. The van der Waals surface area contributed by atoms with Crippen molar-refractivity contribution in [2.24, 2.45) is 0 Å². The van der Waals surface area contributed by atoms with Crippen LogP contribution < -0.4 is 0 Å². The Bertz CT molecular complexity index is 931. The van der Waals surface area contributed by atoms with Crippen LogP contribution in [-0.2, 0) is 6.54 Å². The summed E-state index contributed by atoms with van der Waals surface area (Å²) in [6.45, 7) is 5.75. The molecule has 2 aromatic heterocycles. The van der Waals surface area contributed by atoms with Gasteiger partial charge in [-0.1, -0.05) is 35.5 Å². The Labute approximate surface area is 159 Å². The van der Waals surface area contributed by atoms with Gasteiger partial charge in [0.25, 0.3) is 0 Å². The topological polar surface area (TPSA) is 60.0 Å². The van der Waals surface area contributed by atoms with Crippen molar-refractivity contribution in [1.82, 2.24) is 24.8 Å². The molecule has 0 radical (unpaired) electrons. The molecule has 1 aromatic carbocycles. The van der Waals surface area contributed by atoms with Crippen molar-refractivity contribution in [1.29, 1.82) is 0 Å². The zero-order chi connectivity index (χ0) is 18.4. The Morgan fingerprint density at radius 2 is 2.04 bits per heavy atom. The molecule has 0 aliphatic carbocycles. The van der Waals surface area contributed by atoms with Gasteiger partial charge in [-0.2, -0.15) is 10.1 Å². The normalized spacial score (nSPS) is 25.2. The fourth-order valence-electron chi connectivity index (χ4n) is 4.89. The van der Waals surface area contributed by atoms with Crippen LogP contribution in [0.15, 0.2) is 40.9 Å². The summed E-state index contributed by atoms with van der Waals surface area (Å²) in [6, 6.07) is 13.9. The lowest BCUT2D eigenvalue weighted by atomic mass is 9.94. The predicted octanol–water partition coefficient (Wildman–Crippen LogP) is 3.62. The summed E-state index contributed by atoms with van der Waals surface area (Å²) in [5.74, 6) is 1.85. The second-order valence-corrected chi connectivity index (χ2v) is 7.85. The SMILES string of the molecule is Cc1cc(C)n(Cc2nc([C@H]3C[C@@H](c4ccccc4)N4CCC[C@H]34)no2)n1. The number of rotatable bonds is 4. The van der Waals surface area contributed by atoms with Crippen molar-refractivity contribution in [2.75, 3.05) is 6.54 Å². The van der Waals surface area contributed by atoms with Crippen molar-refractivity contribution in [3.8, 4) is 0 Å². The number of fused-ring (bicyclic) bond motifs is 1. The Morgan fingerprint density at radius 1 is 1.19 bits per heavy atom. The first-order valence-electron chi connectivity index (χ1n) is 9.83. The number of hydrogen-bond donors (Lipinski definition) is 0. The maximum atomic E-state index is 5.59. The molecule has 3 aromatic rings. The van der Waals surface area contributed by atoms with Crippen molar-refractivity contribution in [2.45, 2.75) is 57.7 Å². The van der Waals surface area contributed by atoms with Crippen LogP contribution >= 0.6 is 0 Å². The fraction of sp³-hybridized carbons (Fsp3) is 0.476. The van der Waals surface area contributed by atoms with E-state index in [1.54, 1.807) is 0 Å². The Morgan fingerprint density at radius 3 is 2.81 bits per heavy atom. The molecular weight excluding hydrogens is 338 g/mol. The first kappa shape index (κ1) is 16.7. The van der Waals surface area contributed by atoms with Crippen LogP contribution in [0, 0.1) is 13.8 Å². The number of aryl methyl sites for hydroxylation is 2. The van der Waals surface area contributed by atoms with Gasteiger partial charge in [-0.05, 0) is 51.3 Å². The smallest absolute Gasteiger partial charge is 0.248 e. The van der Waals surface area contributed by atoms with Crippen molar-refractivity contribution in [3.63, 3.8) is 0 Å². The largest absolute Gasteiger partial charge is 0.337 e. The molecule has 6 heteroatoms. The van der Waals surface area contributed by atoms with Crippen LogP contribution in [-0.4, -0.2) is 37.4 Å². The molecule has 0 amide bonds. The van der Waals surface area contributed by atoms with Crippen LogP contribution in [0.5, 0.6) is 0 Å². The zero-order valence-electron chi connectivity index (χ0n) is 15.9. The summed E-state index contributed by atoms with van der Waals surface area (Å²) in [5.41, 5.74) is 3.52. The highest BCUT2D eigenvalue weighted by Crippen LogP contribution is 2.48. The van der Waals surface area contributed by atoms with Crippen LogP contribution in [0.2, 0.25) is 0 Å². The monoisotopic (exact) mass is 363 g/mol. The second-order valence-electron chi connectivity index (χ2n) is 7.85. The van der Waals surface area contributed by atoms with E-state index >= 15 is 0 Å². The lowest BCUT2D eigenvalue weighted by molar-refractivity contribution is 0.243. The highest BCUT2D eigenvalue weighted by atomic mass is 16.5. The van der Waals surface area contributed by atoms with Gasteiger partial charge in [-0.25, -0.2) is 0 Å². The van der Waals surface area contributed by atoms with Crippen LogP contribution in [0.4, 0.5) is 0 Å². The third-order valence-electron chi connectivity index (χ3n) is 6.07. The average Bonchev–Trinajstić information content (AvgIpc) is 3.42. The summed E-state index contributed by atoms with van der Waals surface area (Å²) in [7, 11) is 0. The quantitative estimate of drug-likeness (QED) is 0.708. The standard InChI is InChI=1S/C21H25N5O/c1-14-11-15(2)26(23-14)13-20-22-21(24-27-20)17-12-19(16-7-4-3-5-8-16)25-10-6-9-18(17)25/h3-5,7-8,11,17-19H,6,9-10,12-13H2,1-2H3/t17-,18+,19-/m0/s1. The number of nitrogens with zero attached hydrogens (tertiary/aromatic N) is 5. The molecule has 0 unspecified atom stereocenters. The van der Waals surface area contributed by atoms with Gasteiger partial charge in [0.2, 0.25) is 5.89 Å². The molecule has 0 saturated carbocycles. The molecule has 2 fully saturated rings. The summed E-state index contributed by atoms with van der Waals surface area (Å²) in [5, 5.41) is 8.86. The van der Waals surface area contributed by atoms with Gasteiger partial charge in [-0.3, -0.25) is 9.58 Å². The zero-order valence-corrected chi connectivity index (χ0v) is 15.9. The summed E-state index contributed by atoms with van der Waals surface area (Å²) in [6.07, 6.45) is 3.53. The highest BCUT2D eigenvalue weighted by molar-refractivity contribution is 5.24. The molecule has 2 aliphatic heterocycles. The minimum absolute atomic E-state index is 0.343. The molecule has 27 heavy (non-hydrogen) atoms. The molecule has 4 heterocycles. The van der Waals surface area contributed by atoms with Gasteiger partial charge in [0, 0.05) is 23.7 Å². The van der Waals surface area contributed by atoms with Crippen LogP contribution in [0.3, 0.4) is 0 Å². The van der Waals surface area contributed by atoms with Gasteiger partial charge in [0.05, 0.1) is 5.69 Å².